The van der Waals surface area contributed by atoms with Crippen LogP contribution in [0.2, 0.25) is 0 Å². The van der Waals surface area contributed by atoms with Gasteiger partial charge in [-0.3, -0.25) is 9.11 Å². The molecule has 5 rings (SSSR count). The summed E-state index contributed by atoms with van der Waals surface area (Å²) in [6.45, 7) is 10.7. The molecule has 0 spiro atoms. The molecule has 0 heterocycles. The Labute approximate surface area is 191 Å². The molecule has 32 heavy (non-hydrogen) atoms. The van der Waals surface area contributed by atoms with Gasteiger partial charge in [0.05, 0.1) is 9.79 Å². The number of benzene rings is 2. The average molecular weight is 481 g/mol. The van der Waals surface area contributed by atoms with E-state index in [0.717, 1.165) is 23.1 Å². The predicted octanol–water partition coefficient (Wildman–Crippen LogP) is 5.27. The zero-order valence-corrected chi connectivity index (χ0v) is 20.7. The summed E-state index contributed by atoms with van der Waals surface area (Å²) in [4.78, 5) is 0.0344. The Bertz CT molecular complexity index is 1200. The molecule has 176 valence electrons. The molecule has 2 N–H and O–H groups in total. The van der Waals surface area contributed by atoms with Crippen molar-refractivity contribution in [1.29, 1.82) is 0 Å². The van der Waals surface area contributed by atoms with E-state index in [4.69, 9.17) is 4.55 Å². The highest BCUT2D eigenvalue weighted by Gasteiger charge is 2.56. The monoisotopic (exact) mass is 480 g/mol. The van der Waals surface area contributed by atoms with Gasteiger partial charge in [0.25, 0.3) is 20.2 Å². The smallest absolute Gasteiger partial charge is 0.282 e. The van der Waals surface area contributed by atoms with Crippen LogP contribution in [-0.2, 0) is 20.2 Å². The van der Waals surface area contributed by atoms with Crippen LogP contribution in [-0.4, -0.2) is 25.9 Å². The van der Waals surface area contributed by atoms with Gasteiger partial charge >= 0.3 is 0 Å². The van der Waals surface area contributed by atoms with E-state index in [9.17, 15) is 21.4 Å². The molecule has 3 fully saturated rings. The van der Waals surface area contributed by atoms with Crippen molar-refractivity contribution in [2.45, 2.75) is 63.2 Å². The van der Waals surface area contributed by atoms with Crippen LogP contribution in [0.5, 0.6) is 0 Å². The van der Waals surface area contributed by atoms with E-state index in [1.807, 2.05) is 19.9 Å². The number of fused-ring (bicyclic) bond motifs is 2. The van der Waals surface area contributed by atoms with E-state index in [-0.39, 0.29) is 15.7 Å². The topological polar surface area (TPSA) is 109 Å². The molecule has 3 aliphatic carbocycles. The van der Waals surface area contributed by atoms with Crippen molar-refractivity contribution in [3.63, 3.8) is 0 Å². The quantitative estimate of drug-likeness (QED) is 0.579. The largest absolute Gasteiger partial charge is 0.294 e. The first-order valence-electron chi connectivity index (χ1n) is 10.7. The molecule has 6 nitrogen and oxygen atoms in total. The Morgan fingerprint density at radius 1 is 0.844 bits per heavy atom. The van der Waals surface area contributed by atoms with Crippen molar-refractivity contribution in [1.82, 2.24) is 0 Å². The summed E-state index contributed by atoms with van der Waals surface area (Å²) in [6, 6.07) is 11.2. The zero-order chi connectivity index (χ0) is 24.1. The maximum absolute atomic E-state index is 11.7. The summed E-state index contributed by atoms with van der Waals surface area (Å²) < 4.78 is 62.5. The maximum Gasteiger partial charge on any atom is 0.294 e. The molecule has 2 aromatic rings. The van der Waals surface area contributed by atoms with E-state index in [0.29, 0.717) is 23.2 Å². The van der Waals surface area contributed by atoms with Gasteiger partial charge in [0.15, 0.2) is 0 Å². The van der Waals surface area contributed by atoms with Crippen molar-refractivity contribution < 1.29 is 25.9 Å². The summed E-state index contributed by atoms with van der Waals surface area (Å²) in [6.07, 6.45) is 2.29. The third kappa shape index (κ3) is 4.93. The highest BCUT2D eigenvalue weighted by Crippen LogP contribution is 2.65. The molecule has 0 unspecified atom stereocenters. The Balaban J connectivity index is 0.000000222. The summed E-state index contributed by atoms with van der Waals surface area (Å²) in [5.74, 6) is 2.00. The standard InChI is InChI=1S/C17H24O3S.C7H8O3S/c1-10-5-6-16(21(18,19)20)14(7-10)13-8-12-9-15(11(13)2)17(12,3)4;1-6-2-4-7(5-3-6)11(8,9)10/h5-7,11-13,15H,8-9H2,1-4H3,(H,18,19,20);2-5H,1H3,(H,8,9,10)/t11-,12+,13+,15+;/m1./s1. The molecule has 0 radical (unpaired) electrons. The van der Waals surface area contributed by atoms with Gasteiger partial charge in [-0.1, -0.05) is 56.2 Å². The van der Waals surface area contributed by atoms with Crippen molar-refractivity contribution in [3.8, 4) is 0 Å². The highest BCUT2D eigenvalue weighted by molar-refractivity contribution is 7.86. The third-order valence-corrected chi connectivity index (χ3v) is 9.31. The fraction of sp³-hybridized carbons (Fsp3) is 0.500. The Hall–Kier alpha value is -1.74. The van der Waals surface area contributed by atoms with Crippen LogP contribution in [0.4, 0.5) is 0 Å². The van der Waals surface area contributed by atoms with Gasteiger partial charge in [-0.2, -0.15) is 16.8 Å². The van der Waals surface area contributed by atoms with E-state index in [1.165, 1.54) is 18.6 Å². The minimum absolute atomic E-state index is 0.0666. The Morgan fingerprint density at radius 2 is 1.41 bits per heavy atom. The molecule has 0 amide bonds. The second-order valence-corrected chi connectivity index (χ2v) is 12.7. The first-order valence-corrected chi connectivity index (χ1v) is 13.6. The van der Waals surface area contributed by atoms with Crippen molar-refractivity contribution in [2.24, 2.45) is 23.2 Å². The normalized spacial score (nSPS) is 26.5. The molecule has 2 bridgehead atoms. The molecule has 3 aliphatic rings. The molecule has 8 heteroatoms. The van der Waals surface area contributed by atoms with Crippen LogP contribution in [0.1, 0.15) is 56.2 Å². The second kappa shape index (κ2) is 8.56. The summed E-state index contributed by atoms with van der Waals surface area (Å²) in [5.41, 5.74) is 3.19. The summed E-state index contributed by atoms with van der Waals surface area (Å²) in [5, 5.41) is 0. The first kappa shape index (κ1) is 24.9. The fourth-order valence-corrected chi connectivity index (χ4v) is 6.69. The second-order valence-electron chi connectivity index (χ2n) is 9.87. The molecule has 4 atom stereocenters. The first-order chi connectivity index (χ1) is 14.6. The lowest BCUT2D eigenvalue weighted by Crippen LogP contribution is -2.54. The predicted molar refractivity (Wildman–Crippen MR) is 124 cm³/mol. The van der Waals surface area contributed by atoms with Gasteiger partial charge in [0.1, 0.15) is 0 Å². The molecule has 0 saturated heterocycles. The van der Waals surface area contributed by atoms with Crippen LogP contribution in [0, 0.1) is 37.0 Å². The molecule has 3 saturated carbocycles. The Morgan fingerprint density at radius 3 is 1.88 bits per heavy atom. The lowest BCUT2D eigenvalue weighted by molar-refractivity contribution is -0.111. The van der Waals surface area contributed by atoms with Crippen LogP contribution in [0.3, 0.4) is 0 Å². The van der Waals surface area contributed by atoms with Crippen LogP contribution in [0.25, 0.3) is 0 Å². The molecule has 0 aliphatic heterocycles. The fourth-order valence-electron chi connectivity index (χ4n) is 5.46. The molecule has 0 aromatic heterocycles. The lowest BCUT2D eigenvalue weighted by atomic mass is 9.43. The van der Waals surface area contributed by atoms with Crippen LogP contribution >= 0.6 is 0 Å². The SMILES string of the molecule is Cc1ccc(S(=O)(=O)O)c([C@H]2C[C@H]3C[C@@H]([C@@H]2C)C3(C)C)c1.Cc1ccc(S(=O)(=O)O)cc1. The van der Waals surface area contributed by atoms with Gasteiger partial charge in [0, 0.05) is 0 Å². The summed E-state index contributed by atoms with van der Waals surface area (Å²) >= 11 is 0. The van der Waals surface area contributed by atoms with E-state index in [2.05, 4.69) is 20.8 Å². The lowest BCUT2D eigenvalue weighted by Gasteiger charge is -2.62. The van der Waals surface area contributed by atoms with Gasteiger partial charge in [0.2, 0.25) is 0 Å². The van der Waals surface area contributed by atoms with Gasteiger partial charge in [-0.25, -0.2) is 0 Å². The molecular weight excluding hydrogens is 448 g/mol. The van der Waals surface area contributed by atoms with Crippen LogP contribution < -0.4 is 0 Å². The zero-order valence-electron chi connectivity index (χ0n) is 19.1. The van der Waals surface area contributed by atoms with E-state index >= 15 is 0 Å². The molecule has 2 aromatic carbocycles. The number of hydrogen-bond acceptors (Lipinski definition) is 4. The van der Waals surface area contributed by atoms with Gasteiger partial charge < -0.3 is 0 Å². The number of hydrogen-bond donors (Lipinski definition) is 2. The van der Waals surface area contributed by atoms with Crippen molar-refractivity contribution in [3.05, 3.63) is 59.2 Å². The van der Waals surface area contributed by atoms with Crippen LogP contribution in [0.15, 0.2) is 52.3 Å². The third-order valence-electron chi connectivity index (χ3n) is 7.52. The van der Waals surface area contributed by atoms with Gasteiger partial charge in [-0.15, -0.1) is 0 Å². The van der Waals surface area contributed by atoms with Crippen molar-refractivity contribution >= 4 is 20.2 Å². The highest BCUT2D eigenvalue weighted by atomic mass is 32.2. The molecular formula is C24H32O6S2. The number of rotatable bonds is 3. The van der Waals surface area contributed by atoms with Gasteiger partial charge in [-0.05, 0) is 79.5 Å². The van der Waals surface area contributed by atoms with Crippen molar-refractivity contribution in [2.75, 3.05) is 0 Å². The van der Waals surface area contributed by atoms with E-state index in [1.54, 1.807) is 24.3 Å². The van der Waals surface area contributed by atoms with E-state index < -0.39 is 20.2 Å². The Kier molecular flexibility index (Phi) is 6.66. The average Bonchev–Trinajstić information content (AvgIpc) is 2.66. The minimum Gasteiger partial charge on any atom is -0.282 e. The number of aryl methyl sites for hydroxylation is 2. The minimum atomic E-state index is -4.15. The summed E-state index contributed by atoms with van der Waals surface area (Å²) in [7, 11) is -8.17. The maximum atomic E-state index is 11.7.